The van der Waals surface area contributed by atoms with Gasteiger partial charge in [0.25, 0.3) is 0 Å². The van der Waals surface area contributed by atoms with E-state index in [-0.39, 0.29) is 0 Å². The molecule has 0 radical (unpaired) electrons. The van der Waals surface area contributed by atoms with Crippen LogP contribution in [-0.2, 0) is 0 Å². The Bertz CT molecular complexity index is 450. The van der Waals surface area contributed by atoms with Gasteiger partial charge in [-0.1, -0.05) is 15.9 Å². The number of halogens is 1. The Morgan fingerprint density at radius 3 is 2.71 bits per heavy atom. The maximum absolute atomic E-state index is 5.60. The predicted octanol–water partition coefficient (Wildman–Crippen LogP) is 3.41. The Balaban J connectivity index is 1.71. The first-order valence-electron chi connectivity index (χ1n) is 5.12. The van der Waals surface area contributed by atoms with Gasteiger partial charge in [0.15, 0.2) is 0 Å². The Labute approximate surface area is 113 Å². The molecule has 0 aliphatic heterocycles. The van der Waals surface area contributed by atoms with Gasteiger partial charge >= 0.3 is 0 Å². The lowest BCUT2D eigenvalue weighted by molar-refractivity contribution is 0.344. The SMILES string of the molecule is Brc1ccc(OCCSc2ccncn2)cc1. The van der Waals surface area contributed by atoms with E-state index in [1.54, 1.807) is 24.3 Å². The zero-order valence-corrected chi connectivity index (χ0v) is 11.4. The molecule has 2 rings (SSSR count). The lowest BCUT2D eigenvalue weighted by Gasteiger charge is -2.05. The van der Waals surface area contributed by atoms with Gasteiger partial charge in [0.2, 0.25) is 0 Å². The third-order valence-electron chi connectivity index (χ3n) is 1.97. The minimum atomic E-state index is 0.663. The number of benzene rings is 1. The van der Waals surface area contributed by atoms with E-state index in [9.17, 15) is 0 Å². The topological polar surface area (TPSA) is 35.0 Å². The minimum Gasteiger partial charge on any atom is -0.493 e. The Kier molecular flexibility index (Phi) is 4.82. The van der Waals surface area contributed by atoms with E-state index >= 15 is 0 Å². The van der Waals surface area contributed by atoms with E-state index in [0.29, 0.717) is 6.61 Å². The predicted molar refractivity (Wildman–Crippen MR) is 72.4 cm³/mol. The van der Waals surface area contributed by atoms with E-state index < -0.39 is 0 Å². The van der Waals surface area contributed by atoms with Crippen molar-refractivity contribution in [2.75, 3.05) is 12.4 Å². The molecule has 1 aromatic heterocycles. The number of aromatic nitrogens is 2. The average molecular weight is 311 g/mol. The van der Waals surface area contributed by atoms with Crippen LogP contribution in [0.25, 0.3) is 0 Å². The summed E-state index contributed by atoms with van der Waals surface area (Å²) in [5.41, 5.74) is 0. The van der Waals surface area contributed by atoms with Crippen molar-refractivity contribution in [2.45, 2.75) is 5.03 Å². The summed E-state index contributed by atoms with van der Waals surface area (Å²) in [5.74, 6) is 1.75. The first-order chi connectivity index (χ1) is 8.34. The van der Waals surface area contributed by atoms with Crippen molar-refractivity contribution >= 4 is 27.7 Å². The van der Waals surface area contributed by atoms with Gasteiger partial charge in [0.1, 0.15) is 12.1 Å². The van der Waals surface area contributed by atoms with Gasteiger partial charge in [-0.25, -0.2) is 9.97 Å². The fourth-order valence-corrected chi connectivity index (χ4v) is 2.12. The van der Waals surface area contributed by atoms with Crippen LogP contribution < -0.4 is 4.74 Å². The molecule has 0 saturated carbocycles. The molecule has 88 valence electrons. The molecule has 0 aliphatic rings. The molecule has 0 N–H and O–H groups in total. The fourth-order valence-electron chi connectivity index (χ4n) is 1.20. The molecule has 1 aromatic carbocycles. The van der Waals surface area contributed by atoms with E-state index in [1.807, 2.05) is 30.3 Å². The number of nitrogens with zero attached hydrogens (tertiary/aromatic N) is 2. The zero-order valence-electron chi connectivity index (χ0n) is 9.04. The smallest absolute Gasteiger partial charge is 0.119 e. The summed E-state index contributed by atoms with van der Waals surface area (Å²) in [5, 5.41) is 0.972. The molecule has 3 nitrogen and oxygen atoms in total. The lowest BCUT2D eigenvalue weighted by atomic mass is 10.3. The monoisotopic (exact) mass is 310 g/mol. The van der Waals surface area contributed by atoms with Crippen molar-refractivity contribution in [3.05, 3.63) is 47.3 Å². The van der Waals surface area contributed by atoms with Crippen LogP contribution in [0.15, 0.2) is 52.4 Å². The van der Waals surface area contributed by atoms with Crippen molar-refractivity contribution in [1.29, 1.82) is 0 Å². The standard InChI is InChI=1S/C12H11BrN2OS/c13-10-1-3-11(4-2-10)16-7-8-17-12-5-6-14-9-15-12/h1-6,9H,7-8H2. The number of ether oxygens (including phenoxy) is 1. The molecule has 0 amide bonds. The van der Waals surface area contributed by atoms with E-state index in [1.165, 1.54) is 0 Å². The molecule has 2 aromatic rings. The molecule has 0 atom stereocenters. The van der Waals surface area contributed by atoms with Gasteiger partial charge in [0, 0.05) is 16.4 Å². The summed E-state index contributed by atoms with van der Waals surface area (Å²) < 4.78 is 6.65. The van der Waals surface area contributed by atoms with Crippen molar-refractivity contribution in [3.63, 3.8) is 0 Å². The van der Waals surface area contributed by atoms with Crippen LogP contribution in [0.1, 0.15) is 0 Å². The molecule has 0 spiro atoms. The first-order valence-corrected chi connectivity index (χ1v) is 6.89. The molecule has 17 heavy (non-hydrogen) atoms. The molecule has 0 fully saturated rings. The Morgan fingerprint density at radius 1 is 1.18 bits per heavy atom. The first kappa shape index (κ1) is 12.4. The van der Waals surface area contributed by atoms with E-state index in [2.05, 4.69) is 25.9 Å². The summed E-state index contributed by atoms with van der Waals surface area (Å²) in [6.45, 7) is 0.663. The van der Waals surface area contributed by atoms with Gasteiger partial charge in [-0.2, -0.15) is 0 Å². The van der Waals surface area contributed by atoms with Crippen LogP contribution in [0, 0.1) is 0 Å². The van der Waals surface area contributed by atoms with Crippen LogP contribution >= 0.6 is 27.7 Å². The quantitative estimate of drug-likeness (QED) is 0.481. The van der Waals surface area contributed by atoms with Crippen LogP contribution in [-0.4, -0.2) is 22.3 Å². The van der Waals surface area contributed by atoms with Crippen LogP contribution in [0.2, 0.25) is 0 Å². The maximum Gasteiger partial charge on any atom is 0.119 e. The highest BCUT2D eigenvalue weighted by atomic mass is 79.9. The number of hydrogen-bond acceptors (Lipinski definition) is 4. The number of thioether (sulfide) groups is 1. The van der Waals surface area contributed by atoms with Gasteiger partial charge in [-0.3, -0.25) is 0 Å². The molecule has 0 saturated heterocycles. The summed E-state index contributed by atoms with van der Waals surface area (Å²) >= 11 is 5.04. The minimum absolute atomic E-state index is 0.663. The maximum atomic E-state index is 5.60. The van der Waals surface area contributed by atoms with E-state index in [0.717, 1.165) is 21.0 Å². The van der Waals surface area contributed by atoms with Crippen molar-refractivity contribution in [1.82, 2.24) is 9.97 Å². The largest absolute Gasteiger partial charge is 0.493 e. The summed E-state index contributed by atoms with van der Waals surface area (Å²) in [6.07, 6.45) is 3.29. The molecule has 0 bridgehead atoms. The molecule has 0 aliphatic carbocycles. The van der Waals surface area contributed by atoms with Gasteiger partial charge in [-0.05, 0) is 30.3 Å². The van der Waals surface area contributed by atoms with Gasteiger partial charge < -0.3 is 4.74 Å². The van der Waals surface area contributed by atoms with Crippen LogP contribution in [0.3, 0.4) is 0 Å². The Hall–Kier alpha value is -1.07. The summed E-state index contributed by atoms with van der Waals surface area (Å²) in [4.78, 5) is 7.99. The van der Waals surface area contributed by atoms with Gasteiger partial charge in [0.05, 0.1) is 11.6 Å². The highest BCUT2D eigenvalue weighted by Gasteiger charge is 1.96. The molecule has 1 heterocycles. The second kappa shape index (κ2) is 6.61. The lowest BCUT2D eigenvalue weighted by Crippen LogP contribution is -2.00. The Morgan fingerprint density at radius 2 is 2.00 bits per heavy atom. The summed E-state index contributed by atoms with van der Waals surface area (Å²) in [7, 11) is 0. The zero-order chi connectivity index (χ0) is 11.9. The van der Waals surface area contributed by atoms with Crippen molar-refractivity contribution in [2.24, 2.45) is 0 Å². The third-order valence-corrected chi connectivity index (χ3v) is 3.41. The molecule has 5 heteroatoms. The van der Waals surface area contributed by atoms with Crippen molar-refractivity contribution < 1.29 is 4.74 Å². The second-order valence-electron chi connectivity index (χ2n) is 3.20. The second-order valence-corrected chi connectivity index (χ2v) is 5.23. The molecular weight excluding hydrogens is 300 g/mol. The summed E-state index contributed by atoms with van der Waals surface area (Å²) in [6, 6.07) is 9.71. The highest BCUT2D eigenvalue weighted by molar-refractivity contribution is 9.10. The molecule has 0 unspecified atom stereocenters. The van der Waals surface area contributed by atoms with E-state index in [4.69, 9.17) is 4.74 Å². The van der Waals surface area contributed by atoms with Crippen molar-refractivity contribution in [3.8, 4) is 5.75 Å². The molecular formula is C12H11BrN2OS. The fraction of sp³-hybridized carbons (Fsp3) is 0.167. The third kappa shape index (κ3) is 4.36. The normalized spacial score (nSPS) is 10.2. The van der Waals surface area contributed by atoms with Gasteiger partial charge in [-0.15, -0.1) is 11.8 Å². The highest BCUT2D eigenvalue weighted by Crippen LogP contribution is 2.17. The van der Waals surface area contributed by atoms with Crippen LogP contribution in [0.5, 0.6) is 5.75 Å². The number of rotatable bonds is 5. The average Bonchev–Trinajstić information content (AvgIpc) is 2.38. The number of hydrogen-bond donors (Lipinski definition) is 0. The van der Waals surface area contributed by atoms with Crippen LogP contribution in [0.4, 0.5) is 0 Å².